The van der Waals surface area contributed by atoms with Crippen LogP contribution in [-0.2, 0) is 24.8 Å². The van der Waals surface area contributed by atoms with E-state index in [4.69, 9.17) is 4.74 Å². The molecule has 0 amide bonds. The van der Waals surface area contributed by atoms with Crippen LogP contribution >= 0.6 is 0 Å². The summed E-state index contributed by atoms with van der Waals surface area (Å²) >= 11 is 0. The Kier molecular flexibility index (Phi) is 4.19. The second kappa shape index (κ2) is 6.68. The predicted octanol–water partition coefficient (Wildman–Crippen LogP) is 2.50. The van der Waals surface area contributed by atoms with E-state index >= 15 is 0 Å². The van der Waals surface area contributed by atoms with Crippen LogP contribution in [0.5, 0.6) is 0 Å². The number of rotatable bonds is 4. The van der Waals surface area contributed by atoms with Crippen LogP contribution in [0.15, 0.2) is 53.3 Å². The van der Waals surface area contributed by atoms with Crippen molar-refractivity contribution in [1.29, 1.82) is 0 Å². The van der Waals surface area contributed by atoms with Gasteiger partial charge in [0.25, 0.3) is 5.56 Å². The molecular formula is C20H18N4O3. The molecule has 0 unspecified atom stereocenters. The second-order valence-electron chi connectivity index (χ2n) is 6.26. The van der Waals surface area contributed by atoms with Crippen molar-refractivity contribution in [3.8, 4) is 0 Å². The first-order valence-electron chi connectivity index (χ1n) is 8.68. The van der Waals surface area contributed by atoms with E-state index in [1.807, 2.05) is 24.3 Å². The van der Waals surface area contributed by atoms with E-state index in [0.29, 0.717) is 28.1 Å². The van der Waals surface area contributed by atoms with E-state index < -0.39 is 5.97 Å². The zero-order chi connectivity index (χ0) is 19.0. The number of hydrogen-bond donors (Lipinski definition) is 0. The average Bonchev–Trinajstić information content (AvgIpc) is 3.14. The summed E-state index contributed by atoms with van der Waals surface area (Å²) in [4.78, 5) is 24.8. The minimum atomic E-state index is -0.427. The van der Waals surface area contributed by atoms with E-state index in [9.17, 15) is 9.59 Å². The minimum Gasteiger partial charge on any atom is -0.454 e. The number of carbonyl (C=O) groups is 1. The lowest BCUT2D eigenvalue weighted by atomic mass is 10.1. The molecule has 2 aromatic carbocycles. The Balaban J connectivity index is 1.68. The Morgan fingerprint density at radius 1 is 1.07 bits per heavy atom. The van der Waals surface area contributed by atoms with Gasteiger partial charge in [0.2, 0.25) is 5.78 Å². The maximum Gasteiger partial charge on any atom is 0.338 e. The van der Waals surface area contributed by atoms with Crippen LogP contribution in [0.2, 0.25) is 0 Å². The highest BCUT2D eigenvalue weighted by molar-refractivity contribution is 5.89. The fourth-order valence-electron chi connectivity index (χ4n) is 3.08. The number of nitrogens with zero attached hydrogens (tertiary/aromatic N) is 4. The molecule has 0 aliphatic heterocycles. The molecule has 0 bridgehead atoms. The molecule has 7 heteroatoms. The van der Waals surface area contributed by atoms with Gasteiger partial charge in [-0.3, -0.25) is 13.8 Å². The number of ether oxygens (including phenoxy) is 1. The van der Waals surface area contributed by atoms with Crippen LogP contribution in [0, 0.1) is 0 Å². The molecule has 0 saturated heterocycles. The van der Waals surface area contributed by atoms with Crippen molar-refractivity contribution in [1.82, 2.24) is 19.2 Å². The molecule has 2 aromatic heterocycles. The molecule has 0 fully saturated rings. The number of esters is 1. The smallest absolute Gasteiger partial charge is 0.338 e. The molecule has 136 valence electrons. The van der Waals surface area contributed by atoms with Crippen LogP contribution < -0.4 is 5.56 Å². The second-order valence-corrected chi connectivity index (χ2v) is 6.26. The molecule has 4 aromatic rings. The molecule has 7 nitrogen and oxygen atoms in total. The van der Waals surface area contributed by atoms with E-state index in [2.05, 4.69) is 17.1 Å². The van der Waals surface area contributed by atoms with Gasteiger partial charge in [-0.25, -0.2) is 4.79 Å². The number of benzene rings is 2. The third-order valence-corrected chi connectivity index (χ3v) is 4.62. The van der Waals surface area contributed by atoms with Crippen LogP contribution in [-0.4, -0.2) is 25.1 Å². The van der Waals surface area contributed by atoms with E-state index in [-0.39, 0.29) is 12.2 Å². The van der Waals surface area contributed by atoms with Gasteiger partial charge < -0.3 is 4.74 Å². The Morgan fingerprint density at radius 2 is 1.81 bits per heavy atom. The Bertz CT molecular complexity index is 1210. The normalized spacial score (nSPS) is 11.2. The van der Waals surface area contributed by atoms with Crippen molar-refractivity contribution in [2.24, 2.45) is 7.05 Å². The van der Waals surface area contributed by atoms with Crippen LogP contribution in [0.1, 0.15) is 28.7 Å². The molecule has 27 heavy (non-hydrogen) atoms. The highest BCUT2D eigenvalue weighted by Crippen LogP contribution is 2.15. The maximum atomic E-state index is 12.5. The summed E-state index contributed by atoms with van der Waals surface area (Å²) in [7, 11) is 1.64. The summed E-state index contributed by atoms with van der Waals surface area (Å²) in [6, 6.07) is 14.5. The van der Waals surface area contributed by atoms with Gasteiger partial charge in [0.05, 0.1) is 16.5 Å². The van der Waals surface area contributed by atoms with Gasteiger partial charge in [0.15, 0.2) is 12.4 Å². The summed E-state index contributed by atoms with van der Waals surface area (Å²) in [5.74, 6) is 0.427. The lowest BCUT2D eigenvalue weighted by molar-refractivity contribution is 0.0461. The maximum absolute atomic E-state index is 12.5. The highest BCUT2D eigenvalue weighted by Gasteiger charge is 2.16. The largest absolute Gasteiger partial charge is 0.454 e. The van der Waals surface area contributed by atoms with Gasteiger partial charge in [-0.05, 0) is 36.2 Å². The standard InChI is InChI=1S/C20H18N4O3/c1-3-13-8-10-14(11-9-13)19(26)27-12-17-21-22-20-23(2)18(25)15-6-4-5-7-16(15)24(17)20/h4-11H,3,12H2,1-2H3. The molecule has 0 aliphatic carbocycles. The topological polar surface area (TPSA) is 78.5 Å². The van der Waals surface area contributed by atoms with Crippen LogP contribution in [0.3, 0.4) is 0 Å². The molecule has 0 N–H and O–H groups in total. The molecule has 2 heterocycles. The summed E-state index contributed by atoms with van der Waals surface area (Å²) in [6.45, 7) is 2.01. The van der Waals surface area contributed by atoms with Crippen molar-refractivity contribution in [3.63, 3.8) is 0 Å². The van der Waals surface area contributed by atoms with Crippen molar-refractivity contribution in [2.45, 2.75) is 20.0 Å². The zero-order valence-corrected chi connectivity index (χ0v) is 15.0. The minimum absolute atomic E-state index is 0.0439. The lowest BCUT2D eigenvalue weighted by Gasteiger charge is -2.08. The van der Waals surface area contributed by atoms with Gasteiger partial charge in [0.1, 0.15) is 0 Å². The number of para-hydroxylation sites is 1. The fourth-order valence-corrected chi connectivity index (χ4v) is 3.08. The number of hydrogen-bond acceptors (Lipinski definition) is 5. The number of aryl methyl sites for hydroxylation is 2. The first kappa shape index (κ1) is 17.0. The van der Waals surface area contributed by atoms with Gasteiger partial charge in [-0.1, -0.05) is 31.2 Å². The summed E-state index contributed by atoms with van der Waals surface area (Å²) < 4.78 is 8.60. The number of fused-ring (bicyclic) bond motifs is 3. The summed E-state index contributed by atoms with van der Waals surface area (Å²) in [6.07, 6.45) is 0.910. The Labute approximate surface area is 154 Å². The first-order valence-corrected chi connectivity index (χ1v) is 8.68. The highest BCUT2D eigenvalue weighted by atomic mass is 16.5. The molecular weight excluding hydrogens is 344 g/mol. The third-order valence-electron chi connectivity index (χ3n) is 4.62. The fraction of sp³-hybridized carbons (Fsp3) is 0.200. The summed E-state index contributed by atoms with van der Waals surface area (Å²) in [5.41, 5.74) is 2.17. The molecule has 0 radical (unpaired) electrons. The third kappa shape index (κ3) is 2.87. The van der Waals surface area contributed by atoms with Crippen LogP contribution in [0.25, 0.3) is 16.7 Å². The van der Waals surface area contributed by atoms with Crippen molar-refractivity contribution < 1.29 is 9.53 Å². The molecule has 0 saturated carbocycles. The van der Waals surface area contributed by atoms with Crippen molar-refractivity contribution >= 4 is 22.6 Å². The van der Waals surface area contributed by atoms with Gasteiger partial charge in [-0.15, -0.1) is 10.2 Å². The number of aromatic nitrogens is 4. The molecule has 4 rings (SSSR count). The van der Waals surface area contributed by atoms with Gasteiger partial charge >= 0.3 is 5.97 Å². The van der Waals surface area contributed by atoms with E-state index in [1.165, 1.54) is 4.57 Å². The van der Waals surface area contributed by atoms with Crippen LogP contribution in [0.4, 0.5) is 0 Å². The van der Waals surface area contributed by atoms with E-state index in [1.54, 1.807) is 35.7 Å². The number of carbonyl (C=O) groups excluding carboxylic acids is 1. The lowest BCUT2D eigenvalue weighted by Crippen LogP contribution is -2.20. The Hall–Kier alpha value is -3.48. The first-order chi connectivity index (χ1) is 13.1. The SMILES string of the molecule is CCc1ccc(C(=O)OCc2nnc3n(C)c(=O)c4ccccc4n23)cc1. The monoisotopic (exact) mass is 362 g/mol. The molecule has 0 atom stereocenters. The molecule has 0 aliphatic rings. The van der Waals surface area contributed by atoms with Gasteiger partial charge in [0, 0.05) is 7.05 Å². The van der Waals surface area contributed by atoms with Crippen molar-refractivity contribution in [2.75, 3.05) is 0 Å². The summed E-state index contributed by atoms with van der Waals surface area (Å²) in [5, 5.41) is 8.75. The van der Waals surface area contributed by atoms with Crippen molar-refractivity contribution in [3.05, 3.63) is 75.8 Å². The Morgan fingerprint density at radius 3 is 2.56 bits per heavy atom. The quantitative estimate of drug-likeness (QED) is 0.521. The molecule has 0 spiro atoms. The zero-order valence-electron chi connectivity index (χ0n) is 15.0. The van der Waals surface area contributed by atoms with Gasteiger partial charge in [-0.2, -0.15) is 0 Å². The predicted molar refractivity (Wildman–Crippen MR) is 101 cm³/mol. The van der Waals surface area contributed by atoms with E-state index in [0.717, 1.165) is 12.0 Å². The average molecular weight is 362 g/mol.